The highest BCUT2D eigenvalue weighted by molar-refractivity contribution is 8.00. The van der Waals surface area contributed by atoms with Gasteiger partial charge < -0.3 is 30.2 Å². The number of anilines is 2. The number of aryl methyl sites for hydroxylation is 1. The van der Waals surface area contributed by atoms with Crippen molar-refractivity contribution < 1.29 is 28.6 Å². The van der Waals surface area contributed by atoms with Gasteiger partial charge in [-0.1, -0.05) is 72.3 Å². The lowest BCUT2D eigenvalue weighted by molar-refractivity contribution is -0.116. The standard InChI is InChI=1S/C40H37N3O6S/c1-26-18-20-30(21-19-26)41-40(46)37(27-12-7-5-8-13-27)50-32-17-11-16-31(24-32)42-39(45)33(43-38(44)28-14-9-6-10-15-28)22-29-23-35(48-3)36(49-4)25-34(29)47-2/h5-25,37H,1-4H3,(H,41,46)(H,42,45)(H,43,44)/b33-22+. The monoisotopic (exact) mass is 687 g/mol. The van der Waals surface area contributed by atoms with E-state index in [2.05, 4.69) is 16.0 Å². The van der Waals surface area contributed by atoms with Crippen molar-refractivity contribution in [1.82, 2.24) is 5.32 Å². The summed E-state index contributed by atoms with van der Waals surface area (Å²) in [6.45, 7) is 1.99. The molecule has 5 rings (SSSR count). The highest BCUT2D eigenvalue weighted by Crippen LogP contribution is 2.38. The molecule has 0 aromatic heterocycles. The van der Waals surface area contributed by atoms with Gasteiger partial charge in [0, 0.05) is 33.5 Å². The van der Waals surface area contributed by atoms with E-state index >= 15 is 0 Å². The number of hydrogen-bond acceptors (Lipinski definition) is 7. The number of amides is 3. The quantitative estimate of drug-likeness (QED) is 0.0852. The SMILES string of the molecule is COc1cc(OC)c(OC)cc1/C=C(/NC(=O)c1ccccc1)C(=O)Nc1cccc(SC(C(=O)Nc2ccc(C)cc2)c2ccccc2)c1. The first-order valence-electron chi connectivity index (χ1n) is 15.7. The Morgan fingerprint density at radius 1 is 0.660 bits per heavy atom. The Morgan fingerprint density at radius 2 is 1.30 bits per heavy atom. The second-order valence-electron chi connectivity index (χ2n) is 11.1. The topological polar surface area (TPSA) is 115 Å². The molecule has 3 N–H and O–H groups in total. The van der Waals surface area contributed by atoms with Crippen LogP contribution in [0.3, 0.4) is 0 Å². The van der Waals surface area contributed by atoms with Gasteiger partial charge in [0.2, 0.25) is 5.91 Å². The number of ether oxygens (including phenoxy) is 3. The van der Waals surface area contributed by atoms with Crippen molar-refractivity contribution in [3.05, 3.63) is 149 Å². The van der Waals surface area contributed by atoms with Crippen LogP contribution in [0.15, 0.2) is 132 Å². The lowest BCUT2D eigenvalue weighted by Gasteiger charge is -2.18. The minimum absolute atomic E-state index is 0.0398. The predicted octanol–water partition coefficient (Wildman–Crippen LogP) is 7.90. The van der Waals surface area contributed by atoms with Crippen LogP contribution in [-0.4, -0.2) is 39.1 Å². The van der Waals surface area contributed by atoms with Gasteiger partial charge in [0.05, 0.1) is 21.3 Å². The van der Waals surface area contributed by atoms with Crippen molar-refractivity contribution in [3.63, 3.8) is 0 Å². The van der Waals surface area contributed by atoms with Gasteiger partial charge in [0.1, 0.15) is 16.7 Å². The summed E-state index contributed by atoms with van der Waals surface area (Å²) >= 11 is 1.36. The molecule has 9 nitrogen and oxygen atoms in total. The van der Waals surface area contributed by atoms with Gasteiger partial charge in [-0.2, -0.15) is 0 Å². The summed E-state index contributed by atoms with van der Waals surface area (Å²) in [4.78, 5) is 41.5. The van der Waals surface area contributed by atoms with Gasteiger partial charge in [-0.05, 0) is 67.1 Å². The van der Waals surface area contributed by atoms with Crippen molar-refractivity contribution in [1.29, 1.82) is 0 Å². The smallest absolute Gasteiger partial charge is 0.272 e. The molecule has 0 radical (unpaired) electrons. The Balaban J connectivity index is 1.43. The lowest BCUT2D eigenvalue weighted by atomic mass is 10.1. The van der Waals surface area contributed by atoms with Crippen LogP contribution in [0.1, 0.15) is 32.3 Å². The van der Waals surface area contributed by atoms with E-state index in [9.17, 15) is 14.4 Å². The Bertz CT molecular complexity index is 1980. The Hall–Kier alpha value is -6.00. The molecule has 254 valence electrons. The van der Waals surface area contributed by atoms with Crippen molar-refractivity contribution in [2.75, 3.05) is 32.0 Å². The van der Waals surface area contributed by atoms with Crippen molar-refractivity contribution in [2.24, 2.45) is 0 Å². The van der Waals surface area contributed by atoms with Crippen LogP contribution in [0, 0.1) is 6.92 Å². The van der Waals surface area contributed by atoms with Crippen molar-refractivity contribution in [3.8, 4) is 17.2 Å². The molecule has 0 bridgehead atoms. The second kappa shape index (κ2) is 16.9. The Labute approximate surface area is 295 Å². The number of hydrogen-bond donors (Lipinski definition) is 3. The fourth-order valence-corrected chi connectivity index (χ4v) is 6.07. The molecule has 0 aliphatic carbocycles. The van der Waals surface area contributed by atoms with E-state index in [1.807, 2.05) is 67.6 Å². The average molecular weight is 688 g/mol. The number of carbonyl (C=O) groups is 3. The highest BCUT2D eigenvalue weighted by atomic mass is 32.2. The van der Waals surface area contributed by atoms with Crippen LogP contribution in [0.25, 0.3) is 6.08 Å². The summed E-state index contributed by atoms with van der Waals surface area (Å²) in [6.07, 6.45) is 1.51. The van der Waals surface area contributed by atoms with Crippen LogP contribution >= 0.6 is 11.8 Å². The van der Waals surface area contributed by atoms with E-state index in [0.29, 0.717) is 39.8 Å². The molecule has 0 aliphatic heterocycles. The van der Waals surface area contributed by atoms with E-state index in [1.165, 1.54) is 39.2 Å². The zero-order valence-electron chi connectivity index (χ0n) is 28.1. The molecule has 50 heavy (non-hydrogen) atoms. The summed E-state index contributed by atoms with van der Waals surface area (Å²) in [5, 5.41) is 8.10. The summed E-state index contributed by atoms with van der Waals surface area (Å²) in [7, 11) is 4.51. The maximum absolute atomic E-state index is 13.9. The molecule has 0 heterocycles. The number of benzene rings is 5. The predicted molar refractivity (Wildman–Crippen MR) is 198 cm³/mol. The van der Waals surface area contributed by atoms with E-state index in [0.717, 1.165) is 16.0 Å². The van der Waals surface area contributed by atoms with Gasteiger partial charge in [-0.15, -0.1) is 11.8 Å². The van der Waals surface area contributed by atoms with Gasteiger partial charge in [0.25, 0.3) is 11.8 Å². The average Bonchev–Trinajstić information content (AvgIpc) is 3.15. The fourth-order valence-electron chi connectivity index (χ4n) is 4.99. The number of methoxy groups -OCH3 is 3. The molecule has 0 aliphatic rings. The third-order valence-corrected chi connectivity index (χ3v) is 8.82. The molecule has 5 aromatic rings. The second-order valence-corrected chi connectivity index (χ2v) is 12.3. The third kappa shape index (κ3) is 9.12. The molecule has 1 atom stereocenters. The van der Waals surface area contributed by atoms with Crippen LogP contribution in [0.2, 0.25) is 0 Å². The van der Waals surface area contributed by atoms with E-state index in [4.69, 9.17) is 14.2 Å². The minimum Gasteiger partial charge on any atom is -0.496 e. The van der Waals surface area contributed by atoms with Gasteiger partial charge in [0.15, 0.2) is 11.5 Å². The minimum atomic E-state index is -0.582. The molecule has 10 heteroatoms. The molecule has 0 spiro atoms. The highest BCUT2D eigenvalue weighted by Gasteiger charge is 2.23. The van der Waals surface area contributed by atoms with Crippen LogP contribution in [0.5, 0.6) is 17.2 Å². The maximum atomic E-state index is 13.9. The third-order valence-electron chi connectivity index (χ3n) is 7.57. The molecule has 1 unspecified atom stereocenters. The normalized spacial score (nSPS) is 11.6. The van der Waals surface area contributed by atoms with Crippen LogP contribution in [-0.2, 0) is 9.59 Å². The molecular weight excluding hydrogens is 651 g/mol. The van der Waals surface area contributed by atoms with Crippen LogP contribution < -0.4 is 30.2 Å². The molecular formula is C40H37N3O6S. The van der Waals surface area contributed by atoms with Gasteiger partial charge >= 0.3 is 0 Å². The zero-order valence-corrected chi connectivity index (χ0v) is 28.9. The van der Waals surface area contributed by atoms with Crippen molar-refractivity contribution in [2.45, 2.75) is 17.1 Å². The first-order chi connectivity index (χ1) is 24.3. The first-order valence-corrected chi connectivity index (χ1v) is 16.5. The summed E-state index contributed by atoms with van der Waals surface area (Å²) in [5.41, 5.74) is 3.89. The van der Waals surface area contributed by atoms with Crippen molar-refractivity contribution >= 4 is 46.9 Å². The summed E-state index contributed by atoms with van der Waals surface area (Å²) in [5.74, 6) is 0.0220. The number of thioether (sulfide) groups is 1. The van der Waals surface area contributed by atoms with Gasteiger partial charge in [-0.3, -0.25) is 14.4 Å². The van der Waals surface area contributed by atoms with E-state index < -0.39 is 17.1 Å². The molecule has 5 aromatic carbocycles. The van der Waals surface area contributed by atoms with E-state index in [-0.39, 0.29) is 11.6 Å². The fraction of sp³-hybridized carbons (Fsp3) is 0.125. The zero-order chi connectivity index (χ0) is 35.5. The molecule has 0 fully saturated rings. The molecule has 0 saturated heterocycles. The summed E-state index contributed by atoms with van der Waals surface area (Å²) < 4.78 is 16.4. The molecule has 0 saturated carbocycles. The summed E-state index contributed by atoms with van der Waals surface area (Å²) in [6, 6.07) is 36.2. The van der Waals surface area contributed by atoms with E-state index in [1.54, 1.807) is 60.7 Å². The Morgan fingerprint density at radius 3 is 1.96 bits per heavy atom. The van der Waals surface area contributed by atoms with Crippen LogP contribution in [0.4, 0.5) is 11.4 Å². The van der Waals surface area contributed by atoms with Gasteiger partial charge in [-0.25, -0.2) is 0 Å². The first kappa shape index (κ1) is 35.3. The largest absolute Gasteiger partial charge is 0.496 e. The number of rotatable bonds is 13. The number of carbonyl (C=O) groups excluding carboxylic acids is 3. The Kier molecular flexibility index (Phi) is 11.9. The lowest BCUT2D eigenvalue weighted by Crippen LogP contribution is -2.30. The maximum Gasteiger partial charge on any atom is 0.272 e. The number of nitrogens with one attached hydrogen (secondary N) is 3. The molecule has 3 amide bonds.